The number of hydrogen-bond donors (Lipinski definition) is 1. The fraction of sp³-hybridized carbons (Fsp3) is 1.00. The second kappa shape index (κ2) is 4.53. The van der Waals surface area contributed by atoms with E-state index in [-0.39, 0.29) is 5.54 Å². The molecule has 1 N–H and O–H groups in total. The van der Waals surface area contributed by atoms with E-state index in [1.165, 1.54) is 0 Å². The summed E-state index contributed by atoms with van der Waals surface area (Å²) >= 11 is 0. The molecule has 0 radical (unpaired) electrons. The lowest BCUT2D eigenvalue weighted by atomic mass is 10.0. The van der Waals surface area contributed by atoms with Crippen LogP contribution in [-0.4, -0.2) is 39.4 Å². The average Bonchev–Trinajstić information content (AvgIpc) is 2.03. The summed E-state index contributed by atoms with van der Waals surface area (Å²) in [5, 5.41) is 3.33. The molecule has 4 heteroatoms. The van der Waals surface area contributed by atoms with Crippen molar-refractivity contribution >= 4 is 11.0 Å². The maximum atomic E-state index is 11.8. The molecule has 1 unspecified atom stereocenters. The third-order valence-electron chi connectivity index (χ3n) is 2.35. The molecule has 0 saturated carbocycles. The first-order chi connectivity index (χ1) is 6.08. The van der Waals surface area contributed by atoms with Crippen LogP contribution in [0.1, 0.15) is 27.2 Å². The highest BCUT2D eigenvalue weighted by Crippen LogP contribution is 2.18. The van der Waals surface area contributed by atoms with Gasteiger partial charge in [0.1, 0.15) is 0 Å². The molecule has 1 aliphatic heterocycles. The Morgan fingerprint density at radius 1 is 1.54 bits per heavy atom. The highest BCUT2D eigenvalue weighted by atomic mass is 32.2. The quantitative estimate of drug-likeness (QED) is 0.735. The van der Waals surface area contributed by atoms with Crippen LogP contribution >= 0.6 is 0 Å². The molecule has 0 aromatic carbocycles. The van der Waals surface area contributed by atoms with E-state index in [1.807, 2.05) is 0 Å². The molecule has 0 aromatic rings. The van der Waals surface area contributed by atoms with Crippen molar-refractivity contribution in [3.8, 4) is 0 Å². The maximum absolute atomic E-state index is 11.8. The normalized spacial score (nSPS) is 25.8. The Morgan fingerprint density at radius 3 is 2.77 bits per heavy atom. The molecule has 78 valence electrons. The van der Waals surface area contributed by atoms with Gasteiger partial charge in [0.05, 0.1) is 11.0 Å². The second-order valence-corrected chi connectivity index (χ2v) is 5.61. The highest BCUT2D eigenvalue weighted by Gasteiger charge is 2.32. The summed E-state index contributed by atoms with van der Waals surface area (Å²) in [5.41, 5.74) is 0.0400. The number of nitrogens with one attached hydrogen (secondary N) is 1. The molecular formula is C9H20N2OS. The van der Waals surface area contributed by atoms with Gasteiger partial charge < -0.3 is 5.32 Å². The van der Waals surface area contributed by atoms with Crippen LogP contribution in [-0.2, 0) is 11.0 Å². The lowest BCUT2D eigenvalue weighted by Crippen LogP contribution is -2.58. The van der Waals surface area contributed by atoms with Gasteiger partial charge in [-0.1, -0.05) is 6.92 Å². The van der Waals surface area contributed by atoms with Crippen molar-refractivity contribution in [3.05, 3.63) is 0 Å². The van der Waals surface area contributed by atoms with Gasteiger partial charge >= 0.3 is 0 Å². The predicted molar refractivity (Wildman–Crippen MR) is 57.0 cm³/mol. The van der Waals surface area contributed by atoms with Gasteiger partial charge in [-0.15, -0.1) is 0 Å². The topological polar surface area (TPSA) is 32.3 Å². The van der Waals surface area contributed by atoms with E-state index in [0.29, 0.717) is 0 Å². The average molecular weight is 204 g/mol. The summed E-state index contributed by atoms with van der Waals surface area (Å²) in [4.78, 5) is 0. The van der Waals surface area contributed by atoms with E-state index in [0.717, 1.165) is 31.8 Å². The molecule has 1 atom stereocenters. The Hall–Kier alpha value is 0.0700. The minimum absolute atomic E-state index is 0.0400. The molecule has 0 aromatic heterocycles. The minimum atomic E-state index is -0.783. The van der Waals surface area contributed by atoms with Crippen molar-refractivity contribution in [3.63, 3.8) is 0 Å². The van der Waals surface area contributed by atoms with Gasteiger partial charge in [-0.05, 0) is 20.3 Å². The molecule has 1 saturated heterocycles. The van der Waals surface area contributed by atoms with Gasteiger partial charge in [-0.2, -0.15) is 0 Å². The van der Waals surface area contributed by atoms with Crippen LogP contribution in [0, 0.1) is 0 Å². The third kappa shape index (κ3) is 2.76. The van der Waals surface area contributed by atoms with E-state index in [4.69, 9.17) is 0 Å². The molecule has 0 aliphatic carbocycles. The van der Waals surface area contributed by atoms with Crippen molar-refractivity contribution in [2.45, 2.75) is 32.7 Å². The first-order valence-corrected chi connectivity index (χ1v) is 6.22. The van der Waals surface area contributed by atoms with Crippen LogP contribution in [0.25, 0.3) is 0 Å². The lowest BCUT2D eigenvalue weighted by Gasteiger charge is -2.41. The van der Waals surface area contributed by atoms with Crippen LogP contribution in [0.3, 0.4) is 0 Å². The zero-order chi connectivity index (χ0) is 9.90. The van der Waals surface area contributed by atoms with Crippen LogP contribution < -0.4 is 5.32 Å². The van der Waals surface area contributed by atoms with Crippen LogP contribution in [0.5, 0.6) is 0 Å². The standard InChI is InChI=1S/C9H20N2OS/c1-4-7-13(12)11-6-5-10-8-9(11,2)3/h10H,4-8H2,1-3H3. The molecular weight excluding hydrogens is 184 g/mol. The number of hydrogen-bond acceptors (Lipinski definition) is 2. The molecule has 1 fully saturated rings. The Morgan fingerprint density at radius 2 is 2.23 bits per heavy atom. The molecule has 13 heavy (non-hydrogen) atoms. The first-order valence-electron chi connectivity index (χ1n) is 4.95. The van der Waals surface area contributed by atoms with Crippen molar-refractivity contribution in [2.24, 2.45) is 0 Å². The Balaban J connectivity index is 2.59. The van der Waals surface area contributed by atoms with Crippen LogP contribution in [0.15, 0.2) is 0 Å². The highest BCUT2D eigenvalue weighted by molar-refractivity contribution is 7.82. The van der Waals surface area contributed by atoms with Gasteiger partial charge in [0, 0.05) is 30.9 Å². The van der Waals surface area contributed by atoms with E-state index in [1.54, 1.807) is 0 Å². The smallest absolute Gasteiger partial charge is 0.0948 e. The summed E-state index contributed by atoms with van der Waals surface area (Å²) in [5.74, 6) is 0.795. The molecule has 3 nitrogen and oxygen atoms in total. The molecule has 1 aliphatic rings. The monoisotopic (exact) mass is 204 g/mol. The van der Waals surface area contributed by atoms with Gasteiger partial charge in [0.25, 0.3) is 0 Å². The fourth-order valence-corrected chi connectivity index (χ4v) is 3.11. The summed E-state index contributed by atoms with van der Waals surface area (Å²) in [6, 6.07) is 0. The third-order valence-corrected chi connectivity index (χ3v) is 4.27. The van der Waals surface area contributed by atoms with Crippen LogP contribution in [0.4, 0.5) is 0 Å². The number of rotatable bonds is 3. The van der Waals surface area contributed by atoms with Crippen LogP contribution in [0.2, 0.25) is 0 Å². The molecule has 0 amide bonds. The van der Waals surface area contributed by atoms with E-state index in [2.05, 4.69) is 30.4 Å². The van der Waals surface area contributed by atoms with E-state index >= 15 is 0 Å². The van der Waals surface area contributed by atoms with Crippen molar-refractivity contribution in [2.75, 3.05) is 25.4 Å². The van der Waals surface area contributed by atoms with E-state index < -0.39 is 11.0 Å². The van der Waals surface area contributed by atoms with Gasteiger partial charge in [-0.25, -0.2) is 8.51 Å². The fourth-order valence-electron chi connectivity index (χ4n) is 1.63. The maximum Gasteiger partial charge on any atom is 0.0948 e. The molecule has 1 heterocycles. The van der Waals surface area contributed by atoms with Gasteiger partial charge in [0.15, 0.2) is 0 Å². The zero-order valence-electron chi connectivity index (χ0n) is 8.80. The molecule has 0 bridgehead atoms. The van der Waals surface area contributed by atoms with Crippen molar-refractivity contribution in [1.82, 2.24) is 9.62 Å². The summed E-state index contributed by atoms with van der Waals surface area (Å²) in [6.45, 7) is 9.16. The summed E-state index contributed by atoms with van der Waals surface area (Å²) in [7, 11) is -0.783. The number of piperazine rings is 1. The lowest BCUT2D eigenvalue weighted by molar-refractivity contribution is 0.195. The van der Waals surface area contributed by atoms with Gasteiger partial charge in [-0.3, -0.25) is 0 Å². The molecule has 0 spiro atoms. The largest absolute Gasteiger partial charge is 0.314 e. The Bertz CT molecular complexity index is 194. The first kappa shape index (κ1) is 11.1. The summed E-state index contributed by atoms with van der Waals surface area (Å²) < 4.78 is 13.9. The van der Waals surface area contributed by atoms with E-state index in [9.17, 15) is 4.21 Å². The second-order valence-electron chi connectivity index (χ2n) is 4.12. The number of nitrogens with zero attached hydrogens (tertiary/aromatic N) is 1. The summed E-state index contributed by atoms with van der Waals surface area (Å²) in [6.07, 6.45) is 0.993. The zero-order valence-corrected chi connectivity index (χ0v) is 9.62. The van der Waals surface area contributed by atoms with Crippen molar-refractivity contribution < 1.29 is 4.21 Å². The predicted octanol–water partition coefficient (Wildman–Crippen LogP) is 0.744. The van der Waals surface area contributed by atoms with Gasteiger partial charge in [0.2, 0.25) is 0 Å². The van der Waals surface area contributed by atoms with Crippen molar-refractivity contribution in [1.29, 1.82) is 0 Å². The Kier molecular flexibility index (Phi) is 3.88. The SMILES string of the molecule is CCCS(=O)N1CCNCC1(C)C. The molecule has 1 rings (SSSR count). The Labute approximate surface area is 83.5 Å². The minimum Gasteiger partial charge on any atom is -0.314 e.